The van der Waals surface area contributed by atoms with Gasteiger partial charge in [-0.25, -0.2) is 4.79 Å². The van der Waals surface area contributed by atoms with Gasteiger partial charge >= 0.3 is 6.03 Å². The van der Waals surface area contributed by atoms with Crippen LogP contribution in [0.25, 0.3) is 0 Å². The van der Waals surface area contributed by atoms with Gasteiger partial charge in [-0.2, -0.15) is 11.8 Å². The third-order valence-electron chi connectivity index (χ3n) is 1.71. The van der Waals surface area contributed by atoms with Crippen molar-refractivity contribution in [2.75, 3.05) is 11.5 Å². The van der Waals surface area contributed by atoms with E-state index in [2.05, 4.69) is 23.5 Å². The number of fused-ring (bicyclic) bond motifs is 1. The lowest BCUT2D eigenvalue weighted by molar-refractivity contribution is 0.247. The van der Waals surface area contributed by atoms with Crippen molar-refractivity contribution in [3.63, 3.8) is 0 Å². The van der Waals surface area contributed by atoms with Crippen molar-refractivity contribution in [3.05, 3.63) is 0 Å². The molecule has 4 heteroatoms. The molecule has 2 heterocycles. The Labute approximate surface area is 70.3 Å². The fraction of sp³-hybridized carbons (Fsp3) is 0.571. The Bertz CT molecular complexity index is 167. The summed E-state index contributed by atoms with van der Waals surface area (Å²) in [6.07, 6.45) is 8.00. The number of amides is 2. The number of carbonyl (C=O) groups is 1. The first kappa shape index (κ1) is 8.28. The predicted octanol–water partition coefficient (Wildman–Crippen LogP) is 0.0326. The summed E-state index contributed by atoms with van der Waals surface area (Å²) >= 11 is 1.89. The van der Waals surface area contributed by atoms with Crippen LogP contribution in [0.3, 0.4) is 0 Å². The Kier molecular flexibility index (Phi) is 2.66. The van der Waals surface area contributed by atoms with Crippen molar-refractivity contribution >= 4 is 17.8 Å². The van der Waals surface area contributed by atoms with E-state index in [0.29, 0.717) is 12.1 Å². The van der Waals surface area contributed by atoms with E-state index < -0.39 is 0 Å². The maximum absolute atomic E-state index is 10.6. The largest absolute Gasteiger partial charge is 0.332 e. The molecule has 0 aromatic carbocycles. The van der Waals surface area contributed by atoms with Crippen molar-refractivity contribution in [1.82, 2.24) is 10.6 Å². The van der Waals surface area contributed by atoms with Crippen molar-refractivity contribution < 1.29 is 4.79 Å². The summed E-state index contributed by atoms with van der Waals surface area (Å²) < 4.78 is 0. The minimum Gasteiger partial charge on any atom is -0.332 e. The smallest absolute Gasteiger partial charge is 0.315 e. The van der Waals surface area contributed by atoms with E-state index in [1.807, 2.05) is 11.8 Å². The van der Waals surface area contributed by atoms with Crippen LogP contribution in [0.15, 0.2) is 0 Å². The Balaban J connectivity index is 0.000000281. The zero-order chi connectivity index (χ0) is 8.27. The number of terminal acetylenes is 1. The number of rotatable bonds is 0. The van der Waals surface area contributed by atoms with Gasteiger partial charge in [0.15, 0.2) is 0 Å². The van der Waals surface area contributed by atoms with Crippen molar-refractivity contribution in [2.24, 2.45) is 0 Å². The molecule has 2 aliphatic heterocycles. The lowest BCUT2D eigenvalue weighted by Gasteiger charge is -2.02. The molecule has 2 fully saturated rings. The number of thioether (sulfide) groups is 1. The number of hydrogen-bond donors (Lipinski definition) is 2. The van der Waals surface area contributed by atoms with Crippen LogP contribution in [0.5, 0.6) is 0 Å². The van der Waals surface area contributed by atoms with Gasteiger partial charge in [0.2, 0.25) is 0 Å². The average molecular weight is 170 g/mol. The summed E-state index contributed by atoms with van der Waals surface area (Å²) in [6, 6.07) is 0.815. The molecule has 2 amide bonds. The summed E-state index contributed by atoms with van der Waals surface area (Å²) in [5.41, 5.74) is 0. The molecule has 0 radical (unpaired) electrons. The molecular weight excluding hydrogens is 160 g/mol. The molecule has 0 aromatic heterocycles. The van der Waals surface area contributed by atoms with Crippen LogP contribution in [0.2, 0.25) is 0 Å². The summed E-state index contributed by atoms with van der Waals surface area (Å²) in [5.74, 6) is 2.15. The first-order chi connectivity index (χ1) is 5.36. The van der Waals surface area contributed by atoms with Crippen LogP contribution in [-0.4, -0.2) is 29.6 Å². The van der Waals surface area contributed by atoms with E-state index in [9.17, 15) is 4.79 Å². The fourth-order valence-corrected chi connectivity index (χ4v) is 2.49. The van der Waals surface area contributed by atoms with Crippen LogP contribution >= 0.6 is 11.8 Å². The molecule has 2 aliphatic rings. The van der Waals surface area contributed by atoms with Crippen LogP contribution in [0.4, 0.5) is 4.79 Å². The predicted molar refractivity (Wildman–Crippen MR) is 46.5 cm³/mol. The second kappa shape index (κ2) is 3.54. The van der Waals surface area contributed by atoms with Gasteiger partial charge < -0.3 is 10.6 Å². The number of hydrogen-bond acceptors (Lipinski definition) is 2. The lowest BCUT2D eigenvalue weighted by atomic mass is 10.2. The van der Waals surface area contributed by atoms with Crippen molar-refractivity contribution in [3.8, 4) is 12.8 Å². The van der Waals surface area contributed by atoms with Gasteiger partial charge in [0.1, 0.15) is 0 Å². The maximum Gasteiger partial charge on any atom is 0.315 e. The standard InChI is InChI=1S/C5H8N2OS.C2H2/c8-5-6-3-1-9-2-4(3)7-5;1-2/h3-4H,1-2H2,(H2,6,7,8);1-2H/t3-,4+;. The highest BCUT2D eigenvalue weighted by atomic mass is 32.2. The number of urea groups is 1. The summed E-state index contributed by atoms with van der Waals surface area (Å²) in [7, 11) is 0. The van der Waals surface area contributed by atoms with Gasteiger partial charge in [0.25, 0.3) is 0 Å². The third kappa shape index (κ3) is 1.60. The average Bonchev–Trinajstić information content (AvgIpc) is 2.51. The first-order valence-electron chi connectivity index (χ1n) is 3.34. The molecule has 0 unspecified atom stereocenters. The normalized spacial score (nSPS) is 32.7. The lowest BCUT2D eigenvalue weighted by Crippen LogP contribution is -2.31. The maximum atomic E-state index is 10.6. The molecule has 0 aliphatic carbocycles. The van der Waals surface area contributed by atoms with Gasteiger partial charge in [-0.05, 0) is 0 Å². The van der Waals surface area contributed by atoms with Crippen LogP contribution in [0.1, 0.15) is 0 Å². The van der Waals surface area contributed by atoms with E-state index in [1.54, 1.807) is 0 Å². The van der Waals surface area contributed by atoms with Crippen molar-refractivity contribution in [1.29, 1.82) is 0 Å². The fourth-order valence-electron chi connectivity index (χ4n) is 1.22. The Morgan fingerprint density at radius 3 is 2.18 bits per heavy atom. The zero-order valence-electron chi connectivity index (χ0n) is 6.04. The minimum atomic E-state index is 0.00491. The quantitative estimate of drug-likeness (QED) is 0.398. The topological polar surface area (TPSA) is 41.1 Å². The van der Waals surface area contributed by atoms with Gasteiger partial charge in [0, 0.05) is 11.5 Å². The highest BCUT2D eigenvalue weighted by molar-refractivity contribution is 7.99. The molecule has 0 bridgehead atoms. The number of nitrogens with one attached hydrogen (secondary N) is 2. The molecule has 0 saturated carbocycles. The molecular formula is C7H10N2OS. The molecule has 2 rings (SSSR count). The van der Waals surface area contributed by atoms with E-state index in [4.69, 9.17) is 0 Å². The van der Waals surface area contributed by atoms with E-state index >= 15 is 0 Å². The molecule has 0 spiro atoms. The Morgan fingerprint density at radius 2 is 1.73 bits per heavy atom. The summed E-state index contributed by atoms with van der Waals surface area (Å²) in [6.45, 7) is 0. The molecule has 11 heavy (non-hydrogen) atoms. The molecule has 2 atom stereocenters. The summed E-state index contributed by atoms with van der Waals surface area (Å²) in [4.78, 5) is 10.6. The molecule has 2 N–H and O–H groups in total. The van der Waals surface area contributed by atoms with Crippen LogP contribution in [-0.2, 0) is 0 Å². The van der Waals surface area contributed by atoms with Gasteiger partial charge in [-0.1, -0.05) is 0 Å². The van der Waals surface area contributed by atoms with E-state index in [1.165, 1.54) is 0 Å². The Hall–Kier alpha value is -0.820. The number of carbonyl (C=O) groups excluding carboxylic acids is 1. The van der Waals surface area contributed by atoms with Crippen LogP contribution in [0, 0.1) is 12.8 Å². The van der Waals surface area contributed by atoms with Crippen molar-refractivity contribution in [2.45, 2.75) is 12.1 Å². The molecule has 0 aromatic rings. The summed E-state index contributed by atoms with van der Waals surface area (Å²) in [5, 5.41) is 5.69. The van der Waals surface area contributed by atoms with Gasteiger partial charge in [-0.15, -0.1) is 12.8 Å². The van der Waals surface area contributed by atoms with Gasteiger partial charge in [0.05, 0.1) is 12.1 Å². The highest BCUT2D eigenvalue weighted by Crippen LogP contribution is 2.20. The second-order valence-electron chi connectivity index (χ2n) is 2.37. The highest BCUT2D eigenvalue weighted by Gasteiger charge is 2.35. The van der Waals surface area contributed by atoms with E-state index in [0.717, 1.165) is 11.5 Å². The molecule has 3 nitrogen and oxygen atoms in total. The third-order valence-corrected chi connectivity index (χ3v) is 2.90. The monoisotopic (exact) mass is 170 g/mol. The zero-order valence-corrected chi connectivity index (χ0v) is 6.86. The van der Waals surface area contributed by atoms with Gasteiger partial charge in [-0.3, -0.25) is 0 Å². The second-order valence-corrected chi connectivity index (χ2v) is 3.44. The van der Waals surface area contributed by atoms with Crippen LogP contribution < -0.4 is 10.6 Å². The SMILES string of the molecule is C#C.O=C1N[C@H]2CSC[C@H]2N1. The molecule has 60 valence electrons. The first-order valence-corrected chi connectivity index (χ1v) is 4.50. The van der Waals surface area contributed by atoms with E-state index in [-0.39, 0.29) is 6.03 Å². The molecule has 2 saturated heterocycles. The minimum absolute atomic E-state index is 0.00491. The Morgan fingerprint density at radius 1 is 1.27 bits per heavy atom.